The van der Waals surface area contributed by atoms with Crippen LogP contribution in [0.2, 0.25) is 0 Å². The smallest absolute Gasteiger partial charge is 0.301 e. The van der Waals surface area contributed by atoms with Gasteiger partial charge in [-0.05, 0) is 68.3 Å². The van der Waals surface area contributed by atoms with Gasteiger partial charge in [-0.2, -0.15) is 0 Å². The number of carbonyl (C=O) groups excluding carboxylic acids is 2. The van der Waals surface area contributed by atoms with Crippen molar-refractivity contribution in [3.05, 3.63) is 83.4 Å². The largest absolute Gasteiger partial charge is 0.507 e. The number of aromatic nitrogens is 1. The molecule has 1 aliphatic rings. The third kappa shape index (κ3) is 5.76. The first kappa shape index (κ1) is 28.2. The van der Waals surface area contributed by atoms with Gasteiger partial charge in [-0.1, -0.05) is 48.9 Å². The van der Waals surface area contributed by atoms with Gasteiger partial charge in [0.05, 0.1) is 41.7 Å². The van der Waals surface area contributed by atoms with Crippen LogP contribution in [0.15, 0.2) is 72.3 Å². The van der Waals surface area contributed by atoms with E-state index >= 15 is 0 Å². The summed E-state index contributed by atoms with van der Waals surface area (Å²) >= 11 is 1.29. The maximum Gasteiger partial charge on any atom is 0.301 e. The summed E-state index contributed by atoms with van der Waals surface area (Å²) in [7, 11) is 0. The van der Waals surface area contributed by atoms with Crippen LogP contribution >= 0.6 is 11.3 Å². The molecule has 3 aromatic carbocycles. The number of aliphatic hydroxyl groups is 1. The first-order valence-electron chi connectivity index (χ1n) is 13.8. The lowest BCUT2D eigenvalue weighted by Crippen LogP contribution is -2.29. The van der Waals surface area contributed by atoms with Crippen LogP contribution in [-0.2, 0) is 9.59 Å². The molecule has 0 bridgehead atoms. The molecule has 4 aromatic rings. The lowest BCUT2D eigenvalue weighted by Gasteiger charge is -2.23. The monoisotopic (exact) mass is 572 g/mol. The highest BCUT2D eigenvalue weighted by Gasteiger charge is 2.48. The third-order valence-corrected chi connectivity index (χ3v) is 7.71. The standard InChI is InChI=1S/C32H32N2O6S/c1-4-7-17-40-23-10-8-9-21(18-23)29(35)27-28(20-11-13-22(14-12-20)38-5-2)34(31(37)30(27)36)32-33-25-16-15-24(39-6-3)19-26(25)41-32/h8-16,18-19,28,35H,4-7,17H2,1-3H3. The van der Waals surface area contributed by atoms with Crippen molar-refractivity contribution in [3.8, 4) is 17.2 Å². The highest BCUT2D eigenvalue weighted by Crippen LogP contribution is 2.45. The number of aliphatic hydroxyl groups excluding tert-OH is 1. The number of thiazole rings is 1. The summed E-state index contributed by atoms with van der Waals surface area (Å²) in [6, 6.07) is 18.7. The van der Waals surface area contributed by atoms with E-state index in [1.54, 1.807) is 48.5 Å². The summed E-state index contributed by atoms with van der Waals surface area (Å²) in [4.78, 5) is 33.3. The molecule has 1 N–H and O–H groups in total. The first-order chi connectivity index (χ1) is 19.9. The van der Waals surface area contributed by atoms with E-state index in [0.29, 0.717) is 58.8 Å². The topological polar surface area (TPSA) is 98.2 Å². The number of ether oxygens (including phenoxy) is 3. The van der Waals surface area contributed by atoms with Crippen LogP contribution in [-0.4, -0.2) is 41.6 Å². The number of amides is 1. The Labute approximate surface area is 242 Å². The van der Waals surface area contributed by atoms with Crippen molar-refractivity contribution < 1.29 is 28.9 Å². The molecular formula is C32H32N2O6S. The minimum Gasteiger partial charge on any atom is -0.507 e. The van der Waals surface area contributed by atoms with Gasteiger partial charge in [-0.3, -0.25) is 14.5 Å². The summed E-state index contributed by atoms with van der Waals surface area (Å²) < 4.78 is 17.9. The molecule has 9 heteroatoms. The summed E-state index contributed by atoms with van der Waals surface area (Å²) in [5.41, 5.74) is 1.69. The Hall–Kier alpha value is -4.37. The summed E-state index contributed by atoms with van der Waals surface area (Å²) in [5.74, 6) is 0.115. The Morgan fingerprint density at radius 3 is 2.34 bits per heavy atom. The summed E-state index contributed by atoms with van der Waals surface area (Å²) in [6.07, 6.45) is 1.89. The summed E-state index contributed by atoms with van der Waals surface area (Å²) in [5, 5.41) is 11.9. The maximum absolute atomic E-state index is 13.6. The number of hydrogen-bond donors (Lipinski definition) is 1. The SMILES string of the molecule is CCCCOc1cccc(C(O)=C2C(=O)C(=O)N(c3nc4ccc(OCC)cc4s3)C2c2ccc(OCC)cc2)c1. The minimum absolute atomic E-state index is 0.0147. The summed E-state index contributed by atoms with van der Waals surface area (Å²) in [6.45, 7) is 7.45. The Bertz CT molecular complexity index is 1590. The molecule has 1 atom stereocenters. The predicted octanol–water partition coefficient (Wildman–Crippen LogP) is 6.90. The molecular weight excluding hydrogens is 540 g/mol. The quantitative estimate of drug-likeness (QED) is 0.0904. The van der Waals surface area contributed by atoms with Crippen LogP contribution in [0, 0.1) is 0 Å². The van der Waals surface area contributed by atoms with E-state index < -0.39 is 17.7 Å². The van der Waals surface area contributed by atoms with Crippen LogP contribution < -0.4 is 19.1 Å². The fourth-order valence-electron chi connectivity index (χ4n) is 4.73. The Morgan fingerprint density at radius 2 is 1.61 bits per heavy atom. The molecule has 0 aliphatic carbocycles. The van der Waals surface area contributed by atoms with Gasteiger partial charge in [0.1, 0.15) is 23.0 Å². The molecule has 1 aliphatic heterocycles. The molecule has 2 heterocycles. The highest BCUT2D eigenvalue weighted by atomic mass is 32.1. The van der Waals surface area contributed by atoms with Crippen molar-refractivity contribution in [2.75, 3.05) is 24.7 Å². The van der Waals surface area contributed by atoms with Crippen molar-refractivity contribution in [2.24, 2.45) is 0 Å². The number of ketones is 1. The first-order valence-corrected chi connectivity index (χ1v) is 14.6. The van der Waals surface area contributed by atoms with Gasteiger partial charge in [-0.25, -0.2) is 4.98 Å². The van der Waals surface area contributed by atoms with Crippen molar-refractivity contribution in [2.45, 2.75) is 39.7 Å². The van der Waals surface area contributed by atoms with Crippen LogP contribution in [0.4, 0.5) is 5.13 Å². The molecule has 1 unspecified atom stereocenters. The third-order valence-electron chi connectivity index (χ3n) is 6.69. The maximum atomic E-state index is 13.6. The molecule has 5 rings (SSSR count). The number of carbonyl (C=O) groups is 2. The molecule has 41 heavy (non-hydrogen) atoms. The fraction of sp³-hybridized carbons (Fsp3) is 0.281. The zero-order valence-electron chi connectivity index (χ0n) is 23.3. The van der Waals surface area contributed by atoms with Gasteiger partial charge >= 0.3 is 5.91 Å². The van der Waals surface area contributed by atoms with Gasteiger partial charge in [0.25, 0.3) is 5.78 Å². The Balaban J connectivity index is 1.62. The van der Waals surface area contributed by atoms with Crippen LogP contribution in [0.3, 0.4) is 0 Å². The van der Waals surface area contributed by atoms with Gasteiger partial charge in [-0.15, -0.1) is 0 Å². The average molecular weight is 573 g/mol. The zero-order chi connectivity index (χ0) is 28.9. The van der Waals surface area contributed by atoms with Crippen LogP contribution in [0.1, 0.15) is 50.8 Å². The average Bonchev–Trinajstić information content (AvgIpc) is 3.51. The number of benzene rings is 3. The highest BCUT2D eigenvalue weighted by molar-refractivity contribution is 7.22. The molecule has 0 saturated carbocycles. The van der Waals surface area contributed by atoms with E-state index in [-0.39, 0.29) is 11.3 Å². The Kier molecular flexibility index (Phi) is 8.54. The normalized spacial score (nSPS) is 16.4. The number of hydrogen-bond acceptors (Lipinski definition) is 8. The molecule has 0 spiro atoms. The number of Topliss-reactive ketones (excluding diaryl/α,β-unsaturated/α-hetero) is 1. The molecule has 0 radical (unpaired) electrons. The van der Waals surface area contributed by atoms with Gasteiger partial charge in [0, 0.05) is 5.56 Å². The van der Waals surface area contributed by atoms with Gasteiger partial charge in [0.15, 0.2) is 5.13 Å². The van der Waals surface area contributed by atoms with E-state index in [1.807, 2.05) is 32.0 Å². The van der Waals surface area contributed by atoms with E-state index in [1.165, 1.54) is 16.2 Å². The minimum atomic E-state index is -0.901. The molecule has 1 aromatic heterocycles. The number of fused-ring (bicyclic) bond motifs is 1. The molecule has 212 valence electrons. The second-order valence-electron chi connectivity index (χ2n) is 9.46. The van der Waals surface area contributed by atoms with Crippen molar-refractivity contribution in [1.29, 1.82) is 0 Å². The Morgan fingerprint density at radius 1 is 0.902 bits per heavy atom. The van der Waals surface area contributed by atoms with Crippen molar-refractivity contribution in [1.82, 2.24) is 4.98 Å². The molecule has 1 amide bonds. The number of nitrogens with zero attached hydrogens (tertiary/aromatic N) is 2. The van der Waals surface area contributed by atoms with E-state index in [2.05, 4.69) is 6.92 Å². The van der Waals surface area contributed by atoms with Gasteiger partial charge in [0.2, 0.25) is 0 Å². The van der Waals surface area contributed by atoms with Crippen molar-refractivity contribution in [3.63, 3.8) is 0 Å². The number of unbranched alkanes of at least 4 members (excludes halogenated alkanes) is 1. The molecule has 1 saturated heterocycles. The molecule has 1 fully saturated rings. The lowest BCUT2D eigenvalue weighted by molar-refractivity contribution is -0.132. The number of anilines is 1. The second kappa shape index (κ2) is 12.4. The van der Waals surface area contributed by atoms with Gasteiger partial charge < -0.3 is 19.3 Å². The second-order valence-corrected chi connectivity index (χ2v) is 10.5. The predicted molar refractivity (Wildman–Crippen MR) is 160 cm³/mol. The van der Waals surface area contributed by atoms with E-state index in [0.717, 1.165) is 17.5 Å². The van der Waals surface area contributed by atoms with Crippen LogP contribution in [0.5, 0.6) is 17.2 Å². The van der Waals surface area contributed by atoms with Crippen LogP contribution in [0.25, 0.3) is 16.0 Å². The zero-order valence-corrected chi connectivity index (χ0v) is 24.1. The number of rotatable bonds is 11. The molecule has 8 nitrogen and oxygen atoms in total. The van der Waals surface area contributed by atoms with E-state index in [4.69, 9.17) is 19.2 Å². The van der Waals surface area contributed by atoms with Crippen molar-refractivity contribution >= 4 is 44.1 Å². The van der Waals surface area contributed by atoms with E-state index in [9.17, 15) is 14.7 Å². The lowest BCUT2D eigenvalue weighted by atomic mass is 9.95. The fourth-order valence-corrected chi connectivity index (χ4v) is 5.75.